The number of hydrogen-bond donors (Lipinski definition) is 1. The Morgan fingerprint density at radius 2 is 1.85 bits per heavy atom. The first-order valence-electron chi connectivity index (χ1n) is 7.22. The molecular weight excluding hydrogens is 258 g/mol. The highest BCUT2D eigenvalue weighted by atomic mass is 16.6. The molecule has 0 heterocycles. The predicted octanol–water partition coefficient (Wildman–Crippen LogP) is 2.66. The number of ether oxygens (including phenoxy) is 2. The van der Waals surface area contributed by atoms with Crippen LogP contribution in [0.4, 0.5) is 4.79 Å². The average Bonchev–Trinajstić information content (AvgIpc) is 2.42. The van der Waals surface area contributed by atoms with Gasteiger partial charge in [-0.3, -0.25) is 0 Å². The van der Waals surface area contributed by atoms with Gasteiger partial charge in [-0.15, -0.1) is 0 Å². The normalized spacial score (nSPS) is 21.9. The second-order valence-corrected chi connectivity index (χ2v) is 5.57. The summed E-state index contributed by atoms with van der Waals surface area (Å²) in [6.07, 6.45) is 4.24. The summed E-state index contributed by atoms with van der Waals surface area (Å²) in [4.78, 5) is 22.5. The molecule has 1 rings (SSSR count). The molecule has 0 aromatic carbocycles. The van der Waals surface area contributed by atoms with Crippen molar-refractivity contribution in [2.24, 2.45) is 11.8 Å². The Kier molecular flexibility index (Phi) is 7.12. The van der Waals surface area contributed by atoms with Gasteiger partial charge >= 0.3 is 12.1 Å². The number of rotatable bonds is 6. The minimum absolute atomic E-state index is 0.127. The molecule has 0 bridgehead atoms. The first-order valence-corrected chi connectivity index (χ1v) is 7.22. The van der Waals surface area contributed by atoms with Crippen LogP contribution in [0.5, 0.6) is 0 Å². The summed E-state index contributed by atoms with van der Waals surface area (Å²) in [6, 6.07) is 0. The number of hydrogen-bond acceptors (Lipinski definition) is 4. The van der Waals surface area contributed by atoms with Gasteiger partial charge in [0.05, 0.1) is 13.2 Å². The van der Waals surface area contributed by atoms with Crippen LogP contribution in [0.25, 0.3) is 0 Å². The lowest BCUT2D eigenvalue weighted by Crippen LogP contribution is -2.30. The van der Waals surface area contributed by atoms with Gasteiger partial charge < -0.3 is 14.8 Å². The smallest absolute Gasteiger partial charge is 0.407 e. The Morgan fingerprint density at radius 1 is 1.20 bits per heavy atom. The summed E-state index contributed by atoms with van der Waals surface area (Å²) >= 11 is 0. The molecule has 1 amide bonds. The second-order valence-electron chi connectivity index (χ2n) is 5.57. The zero-order chi connectivity index (χ0) is 15.0. The van der Waals surface area contributed by atoms with E-state index in [4.69, 9.17) is 9.47 Å². The van der Waals surface area contributed by atoms with Gasteiger partial charge in [0.1, 0.15) is 6.61 Å². The van der Waals surface area contributed by atoms with E-state index in [0.29, 0.717) is 18.1 Å². The van der Waals surface area contributed by atoms with Crippen molar-refractivity contribution in [2.45, 2.75) is 39.5 Å². The fraction of sp³-hybridized carbons (Fsp3) is 0.733. The Hall–Kier alpha value is -1.52. The summed E-state index contributed by atoms with van der Waals surface area (Å²) in [7, 11) is 0. The summed E-state index contributed by atoms with van der Waals surface area (Å²) in [5, 5.41) is 2.56. The van der Waals surface area contributed by atoms with Gasteiger partial charge in [0.15, 0.2) is 0 Å². The van der Waals surface area contributed by atoms with Crippen LogP contribution in [0, 0.1) is 11.8 Å². The molecular formula is C15H25NO4. The van der Waals surface area contributed by atoms with E-state index in [0.717, 1.165) is 18.8 Å². The van der Waals surface area contributed by atoms with Crippen LogP contribution in [0.1, 0.15) is 39.5 Å². The number of carbonyl (C=O) groups excluding carboxylic acids is 2. The fourth-order valence-electron chi connectivity index (χ4n) is 2.16. The lowest BCUT2D eigenvalue weighted by atomic mass is 9.83. The van der Waals surface area contributed by atoms with Crippen molar-refractivity contribution >= 4 is 12.1 Å². The molecule has 0 radical (unpaired) electrons. The number of esters is 1. The maximum Gasteiger partial charge on any atom is 0.407 e. The number of alkyl carbamates (subject to hydrolysis) is 1. The number of nitrogens with one attached hydrogen (secondary N) is 1. The minimum Gasteiger partial charge on any atom is -0.460 e. The van der Waals surface area contributed by atoms with Crippen LogP contribution in [-0.4, -0.2) is 31.8 Å². The molecule has 1 aliphatic rings. The Labute approximate surface area is 120 Å². The van der Waals surface area contributed by atoms with E-state index < -0.39 is 12.1 Å². The van der Waals surface area contributed by atoms with Crippen molar-refractivity contribution < 1.29 is 19.1 Å². The van der Waals surface area contributed by atoms with Crippen molar-refractivity contribution in [3.63, 3.8) is 0 Å². The number of amides is 1. The van der Waals surface area contributed by atoms with Gasteiger partial charge in [-0.05, 0) is 31.6 Å². The highest BCUT2D eigenvalue weighted by molar-refractivity contribution is 5.86. The van der Waals surface area contributed by atoms with Crippen LogP contribution in [0.3, 0.4) is 0 Å². The molecule has 20 heavy (non-hydrogen) atoms. The highest BCUT2D eigenvalue weighted by Crippen LogP contribution is 2.28. The number of carbonyl (C=O) groups is 2. The molecule has 1 saturated carbocycles. The third-order valence-corrected chi connectivity index (χ3v) is 3.54. The molecule has 0 aliphatic heterocycles. The monoisotopic (exact) mass is 283 g/mol. The molecule has 5 heteroatoms. The Bertz CT molecular complexity index is 346. The molecule has 5 nitrogen and oxygen atoms in total. The van der Waals surface area contributed by atoms with Gasteiger partial charge in [0.2, 0.25) is 0 Å². The van der Waals surface area contributed by atoms with Crippen LogP contribution in [-0.2, 0) is 14.3 Å². The van der Waals surface area contributed by atoms with Crippen LogP contribution in [0.2, 0.25) is 0 Å². The molecule has 1 N–H and O–H groups in total. The van der Waals surface area contributed by atoms with Crippen LogP contribution < -0.4 is 5.32 Å². The Morgan fingerprint density at radius 3 is 2.45 bits per heavy atom. The van der Waals surface area contributed by atoms with E-state index in [1.807, 2.05) is 0 Å². The van der Waals surface area contributed by atoms with Crippen molar-refractivity contribution in [3.05, 3.63) is 12.2 Å². The quantitative estimate of drug-likeness (QED) is 0.462. The summed E-state index contributed by atoms with van der Waals surface area (Å²) in [5.74, 6) is 0.831. The van der Waals surface area contributed by atoms with Gasteiger partial charge in [0, 0.05) is 5.57 Å². The average molecular weight is 283 g/mol. The summed E-state index contributed by atoms with van der Waals surface area (Å²) in [6.45, 7) is 8.16. The molecule has 0 spiro atoms. The first-order chi connectivity index (χ1) is 9.49. The SMILES string of the molecule is C=C(C)C(=O)OCCNC(=O)OCC1CCC(C)CC1. The highest BCUT2D eigenvalue weighted by Gasteiger charge is 2.19. The van der Waals surface area contributed by atoms with Crippen LogP contribution in [0.15, 0.2) is 12.2 Å². The van der Waals surface area contributed by atoms with Crippen molar-refractivity contribution in [1.82, 2.24) is 5.32 Å². The fourth-order valence-corrected chi connectivity index (χ4v) is 2.16. The molecule has 1 fully saturated rings. The molecule has 0 aromatic heterocycles. The van der Waals surface area contributed by atoms with E-state index in [1.54, 1.807) is 6.92 Å². The van der Waals surface area contributed by atoms with E-state index in [1.165, 1.54) is 12.8 Å². The largest absolute Gasteiger partial charge is 0.460 e. The third-order valence-electron chi connectivity index (χ3n) is 3.54. The predicted molar refractivity (Wildman–Crippen MR) is 76.2 cm³/mol. The molecule has 0 unspecified atom stereocenters. The van der Waals surface area contributed by atoms with Crippen molar-refractivity contribution in [1.29, 1.82) is 0 Å². The summed E-state index contributed by atoms with van der Waals surface area (Å²) < 4.78 is 10.0. The Balaban J connectivity index is 2.03. The molecule has 114 valence electrons. The lowest BCUT2D eigenvalue weighted by molar-refractivity contribution is -0.138. The summed E-state index contributed by atoms with van der Waals surface area (Å²) in [5.41, 5.74) is 0.346. The maximum atomic E-state index is 11.4. The molecule has 0 saturated heterocycles. The van der Waals surface area contributed by atoms with Crippen molar-refractivity contribution in [3.8, 4) is 0 Å². The molecule has 0 atom stereocenters. The zero-order valence-electron chi connectivity index (χ0n) is 12.4. The zero-order valence-corrected chi connectivity index (χ0v) is 12.4. The van der Waals surface area contributed by atoms with Crippen LogP contribution >= 0.6 is 0 Å². The first kappa shape index (κ1) is 16.5. The minimum atomic E-state index is -0.449. The maximum absolute atomic E-state index is 11.4. The van der Waals surface area contributed by atoms with Gasteiger partial charge in [0.25, 0.3) is 0 Å². The van der Waals surface area contributed by atoms with E-state index in [-0.39, 0.29) is 13.2 Å². The van der Waals surface area contributed by atoms with Gasteiger partial charge in [-0.1, -0.05) is 26.3 Å². The van der Waals surface area contributed by atoms with E-state index in [2.05, 4.69) is 18.8 Å². The van der Waals surface area contributed by atoms with E-state index >= 15 is 0 Å². The standard InChI is InChI=1S/C15H25NO4/c1-11(2)14(17)19-9-8-16-15(18)20-10-13-6-4-12(3)5-7-13/h12-13H,1,4-10H2,2-3H3,(H,16,18). The third kappa shape index (κ3) is 6.59. The van der Waals surface area contributed by atoms with Crippen molar-refractivity contribution in [2.75, 3.05) is 19.8 Å². The van der Waals surface area contributed by atoms with Gasteiger partial charge in [-0.25, -0.2) is 9.59 Å². The molecule has 1 aliphatic carbocycles. The lowest BCUT2D eigenvalue weighted by Gasteiger charge is -2.25. The van der Waals surface area contributed by atoms with Gasteiger partial charge in [-0.2, -0.15) is 0 Å². The second kappa shape index (κ2) is 8.61. The topological polar surface area (TPSA) is 64.6 Å². The molecule has 0 aromatic rings. The van der Waals surface area contributed by atoms with E-state index in [9.17, 15) is 9.59 Å².